The number of urea groups is 1. The fraction of sp³-hybridized carbons (Fsp3) is 0.500. The molecule has 1 fully saturated rings. The Balaban J connectivity index is 2.00. The largest absolute Gasteiger partial charge is 0.338 e. The number of carbonyl (C=O) groups is 2. The van der Waals surface area contributed by atoms with E-state index in [1.54, 1.807) is 12.1 Å². The van der Waals surface area contributed by atoms with Crippen LogP contribution in [-0.4, -0.2) is 18.5 Å². The summed E-state index contributed by atoms with van der Waals surface area (Å²) >= 11 is 0. The molecular weight excluding hydrogens is 266 g/mol. The number of rotatable bonds is 4. The monoisotopic (exact) mass is 289 g/mol. The summed E-state index contributed by atoms with van der Waals surface area (Å²) in [5.74, 6) is 0.0650. The molecular formula is C16H23N3O2. The lowest BCUT2D eigenvalue weighted by atomic mass is 9.88. The predicted molar refractivity (Wildman–Crippen MR) is 84.3 cm³/mol. The number of nitrogens with one attached hydrogen (secondary N) is 3. The van der Waals surface area contributed by atoms with Crippen molar-refractivity contribution in [3.05, 3.63) is 24.3 Å². The Labute approximate surface area is 125 Å². The van der Waals surface area contributed by atoms with Crippen molar-refractivity contribution in [1.82, 2.24) is 5.32 Å². The van der Waals surface area contributed by atoms with E-state index in [-0.39, 0.29) is 17.4 Å². The van der Waals surface area contributed by atoms with E-state index in [9.17, 15) is 9.59 Å². The van der Waals surface area contributed by atoms with Crippen LogP contribution in [0, 0.1) is 5.41 Å². The molecule has 0 unspecified atom stereocenters. The SMILES string of the molecule is CCNC(=O)Nc1cccc(NC(=O)C2(C)CCCC2)c1. The van der Waals surface area contributed by atoms with Gasteiger partial charge in [-0.3, -0.25) is 4.79 Å². The van der Waals surface area contributed by atoms with Gasteiger partial charge in [-0.2, -0.15) is 0 Å². The molecule has 1 aromatic rings. The Morgan fingerprint density at radius 3 is 2.38 bits per heavy atom. The van der Waals surface area contributed by atoms with Crippen molar-refractivity contribution in [3.63, 3.8) is 0 Å². The van der Waals surface area contributed by atoms with Gasteiger partial charge in [0.15, 0.2) is 0 Å². The standard InChI is InChI=1S/C16H23N3O2/c1-3-17-15(21)19-13-8-6-7-12(11-13)18-14(20)16(2)9-4-5-10-16/h6-8,11H,3-5,9-10H2,1-2H3,(H,18,20)(H2,17,19,21). The third-order valence-electron chi connectivity index (χ3n) is 3.97. The number of hydrogen-bond acceptors (Lipinski definition) is 2. The van der Waals surface area contributed by atoms with Crippen LogP contribution in [0.4, 0.5) is 16.2 Å². The topological polar surface area (TPSA) is 70.2 Å². The maximum Gasteiger partial charge on any atom is 0.319 e. The fourth-order valence-electron chi connectivity index (χ4n) is 2.67. The molecule has 3 amide bonds. The maximum atomic E-state index is 12.4. The Morgan fingerprint density at radius 1 is 1.14 bits per heavy atom. The third-order valence-corrected chi connectivity index (χ3v) is 3.97. The van der Waals surface area contributed by atoms with Crippen molar-refractivity contribution in [2.24, 2.45) is 5.41 Å². The molecule has 0 spiro atoms. The van der Waals surface area contributed by atoms with Gasteiger partial charge >= 0.3 is 6.03 Å². The van der Waals surface area contributed by atoms with Gasteiger partial charge in [-0.1, -0.05) is 25.8 Å². The highest BCUT2D eigenvalue weighted by atomic mass is 16.2. The zero-order chi connectivity index (χ0) is 15.3. The number of anilines is 2. The summed E-state index contributed by atoms with van der Waals surface area (Å²) in [7, 11) is 0. The van der Waals surface area contributed by atoms with Crippen molar-refractivity contribution < 1.29 is 9.59 Å². The first-order valence-electron chi connectivity index (χ1n) is 7.50. The minimum absolute atomic E-state index is 0.0650. The van der Waals surface area contributed by atoms with Crippen molar-refractivity contribution in [2.75, 3.05) is 17.2 Å². The highest BCUT2D eigenvalue weighted by molar-refractivity contribution is 5.96. The predicted octanol–water partition coefficient (Wildman–Crippen LogP) is 3.35. The molecule has 0 aromatic heterocycles. The number of carbonyl (C=O) groups excluding carboxylic acids is 2. The van der Waals surface area contributed by atoms with Crippen LogP contribution in [0.15, 0.2) is 24.3 Å². The molecule has 0 saturated heterocycles. The first-order valence-corrected chi connectivity index (χ1v) is 7.50. The van der Waals surface area contributed by atoms with Crippen LogP contribution in [0.3, 0.4) is 0 Å². The fourth-order valence-corrected chi connectivity index (χ4v) is 2.67. The van der Waals surface area contributed by atoms with Gasteiger partial charge in [0, 0.05) is 23.3 Å². The van der Waals surface area contributed by atoms with Crippen LogP contribution in [0.25, 0.3) is 0 Å². The van der Waals surface area contributed by atoms with E-state index < -0.39 is 0 Å². The molecule has 21 heavy (non-hydrogen) atoms. The second kappa shape index (κ2) is 6.61. The average Bonchev–Trinajstić information content (AvgIpc) is 2.88. The smallest absolute Gasteiger partial charge is 0.319 e. The minimum atomic E-state index is -0.261. The number of benzene rings is 1. The maximum absolute atomic E-state index is 12.4. The van der Waals surface area contributed by atoms with E-state index in [1.807, 2.05) is 26.0 Å². The van der Waals surface area contributed by atoms with Crippen LogP contribution in [0.1, 0.15) is 39.5 Å². The molecule has 5 nitrogen and oxygen atoms in total. The summed E-state index contributed by atoms with van der Waals surface area (Å²) in [6.45, 7) is 4.45. The first-order chi connectivity index (χ1) is 10.0. The van der Waals surface area contributed by atoms with Gasteiger partial charge < -0.3 is 16.0 Å². The molecule has 1 saturated carbocycles. The Bertz CT molecular complexity index is 522. The molecule has 0 bridgehead atoms. The van der Waals surface area contributed by atoms with Crippen LogP contribution >= 0.6 is 0 Å². The van der Waals surface area contributed by atoms with E-state index in [2.05, 4.69) is 16.0 Å². The van der Waals surface area contributed by atoms with Gasteiger partial charge in [-0.25, -0.2) is 4.79 Å². The number of hydrogen-bond donors (Lipinski definition) is 3. The van der Waals surface area contributed by atoms with Crippen molar-refractivity contribution in [2.45, 2.75) is 39.5 Å². The van der Waals surface area contributed by atoms with Crippen molar-refractivity contribution in [1.29, 1.82) is 0 Å². The summed E-state index contributed by atoms with van der Waals surface area (Å²) in [4.78, 5) is 23.9. The highest BCUT2D eigenvalue weighted by Gasteiger charge is 2.36. The lowest BCUT2D eigenvalue weighted by molar-refractivity contribution is -0.124. The molecule has 5 heteroatoms. The molecule has 0 radical (unpaired) electrons. The summed E-state index contributed by atoms with van der Waals surface area (Å²) in [5.41, 5.74) is 1.11. The van der Waals surface area contributed by atoms with Gasteiger partial charge in [-0.15, -0.1) is 0 Å². The van der Waals surface area contributed by atoms with Gasteiger partial charge in [0.05, 0.1) is 0 Å². The second-order valence-electron chi connectivity index (χ2n) is 5.79. The minimum Gasteiger partial charge on any atom is -0.338 e. The molecule has 1 aliphatic rings. The summed E-state index contributed by atoms with van der Waals surface area (Å²) in [6.07, 6.45) is 4.11. The Morgan fingerprint density at radius 2 is 1.76 bits per heavy atom. The van der Waals surface area contributed by atoms with Gasteiger partial charge in [-0.05, 0) is 38.0 Å². The lowest BCUT2D eigenvalue weighted by Gasteiger charge is -2.22. The van der Waals surface area contributed by atoms with Crippen LogP contribution in [0.2, 0.25) is 0 Å². The molecule has 0 atom stereocenters. The quantitative estimate of drug-likeness (QED) is 0.795. The average molecular weight is 289 g/mol. The Hall–Kier alpha value is -2.04. The molecule has 0 aliphatic heterocycles. The second-order valence-corrected chi connectivity index (χ2v) is 5.79. The van der Waals surface area contributed by atoms with E-state index in [1.165, 1.54) is 0 Å². The molecule has 114 valence electrons. The van der Waals surface area contributed by atoms with Crippen molar-refractivity contribution >= 4 is 23.3 Å². The third kappa shape index (κ3) is 3.97. The molecule has 2 rings (SSSR count). The number of amides is 3. The van der Waals surface area contributed by atoms with E-state index in [4.69, 9.17) is 0 Å². The van der Waals surface area contributed by atoms with Gasteiger partial charge in [0.25, 0.3) is 0 Å². The first kappa shape index (κ1) is 15.4. The van der Waals surface area contributed by atoms with Crippen molar-refractivity contribution in [3.8, 4) is 0 Å². The van der Waals surface area contributed by atoms with E-state index in [0.29, 0.717) is 17.9 Å². The Kier molecular flexibility index (Phi) is 4.83. The van der Waals surface area contributed by atoms with Crippen LogP contribution in [-0.2, 0) is 4.79 Å². The normalized spacial score (nSPS) is 16.3. The zero-order valence-corrected chi connectivity index (χ0v) is 12.7. The molecule has 1 aliphatic carbocycles. The van der Waals surface area contributed by atoms with Crippen LogP contribution < -0.4 is 16.0 Å². The lowest BCUT2D eigenvalue weighted by Crippen LogP contribution is -2.31. The summed E-state index contributed by atoms with van der Waals surface area (Å²) in [6, 6.07) is 6.96. The van der Waals surface area contributed by atoms with Gasteiger partial charge in [0.2, 0.25) is 5.91 Å². The summed E-state index contributed by atoms with van der Waals surface area (Å²) < 4.78 is 0. The summed E-state index contributed by atoms with van der Waals surface area (Å²) in [5, 5.41) is 8.36. The van der Waals surface area contributed by atoms with Crippen LogP contribution in [0.5, 0.6) is 0 Å². The van der Waals surface area contributed by atoms with E-state index in [0.717, 1.165) is 25.7 Å². The molecule has 1 aromatic carbocycles. The molecule has 3 N–H and O–H groups in total. The zero-order valence-electron chi connectivity index (χ0n) is 12.7. The highest BCUT2D eigenvalue weighted by Crippen LogP contribution is 2.38. The van der Waals surface area contributed by atoms with E-state index >= 15 is 0 Å². The molecule has 0 heterocycles. The van der Waals surface area contributed by atoms with Gasteiger partial charge in [0.1, 0.15) is 0 Å².